The van der Waals surface area contributed by atoms with Crippen LogP contribution in [0.25, 0.3) is 0 Å². The van der Waals surface area contributed by atoms with Gasteiger partial charge in [-0.2, -0.15) is 4.31 Å². The predicted octanol–water partition coefficient (Wildman–Crippen LogP) is 3.37. The van der Waals surface area contributed by atoms with E-state index in [4.69, 9.17) is 4.74 Å². The third kappa shape index (κ3) is 5.00. The largest absolute Gasteiger partial charge is 0.497 e. The maximum Gasteiger partial charge on any atom is 0.252 e. The zero-order chi connectivity index (χ0) is 24.3. The third-order valence-electron chi connectivity index (χ3n) is 6.32. The Kier molecular flexibility index (Phi) is 7.04. The highest BCUT2D eigenvalue weighted by Gasteiger charge is 2.28. The number of imidazole rings is 1. The minimum Gasteiger partial charge on any atom is -0.497 e. The Morgan fingerprint density at radius 2 is 1.85 bits per heavy atom. The van der Waals surface area contributed by atoms with Gasteiger partial charge >= 0.3 is 0 Å². The second kappa shape index (κ2) is 9.99. The van der Waals surface area contributed by atoms with E-state index in [1.807, 2.05) is 42.1 Å². The lowest BCUT2D eigenvalue weighted by molar-refractivity contribution is 0.0941. The summed E-state index contributed by atoms with van der Waals surface area (Å²) in [6, 6.07) is 13.0. The third-order valence-corrected chi connectivity index (χ3v) is 8.23. The summed E-state index contributed by atoms with van der Waals surface area (Å²) in [5, 5.41) is 3.03. The van der Waals surface area contributed by atoms with Crippen molar-refractivity contribution in [1.82, 2.24) is 19.2 Å². The van der Waals surface area contributed by atoms with Crippen LogP contribution in [0.4, 0.5) is 0 Å². The van der Waals surface area contributed by atoms with Gasteiger partial charge in [-0.15, -0.1) is 0 Å². The lowest BCUT2D eigenvalue weighted by Gasteiger charge is -2.29. The first-order valence-electron chi connectivity index (χ1n) is 11.3. The number of ether oxygens (including phenoxy) is 1. The molecule has 34 heavy (non-hydrogen) atoms. The molecule has 2 aromatic carbocycles. The van der Waals surface area contributed by atoms with Crippen LogP contribution in [0.3, 0.4) is 0 Å². The average molecular weight is 483 g/mol. The Balaban J connectivity index is 1.56. The highest BCUT2D eigenvalue weighted by Crippen LogP contribution is 2.26. The Bertz CT molecular complexity index is 1250. The number of aromatic nitrogens is 2. The van der Waals surface area contributed by atoms with Crippen LogP contribution in [0.2, 0.25) is 0 Å². The first kappa shape index (κ1) is 24.0. The number of hydrogen-bond donors (Lipinski definition) is 1. The van der Waals surface area contributed by atoms with Gasteiger partial charge < -0.3 is 14.6 Å². The molecular formula is C25H30N4O4S. The quantitative estimate of drug-likeness (QED) is 0.557. The number of hydrogen-bond acceptors (Lipinski definition) is 5. The van der Waals surface area contributed by atoms with Crippen molar-refractivity contribution in [2.75, 3.05) is 20.2 Å². The Morgan fingerprint density at radius 1 is 1.15 bits per heavy atom. The van der Waals surface area contributed by atoms with Crippen LogP contribution in [0.15, 0.2) is 65.8 Å². The zero-order valence-corrected chi connectivity index (χ0v) is 20.5. The highest BCUT2D eigenvalue weighted by atomic mass is 32.2. The molecule has 2 heterocycles. The van der Waals surface area contributed by atoms with Crippen molar-refractivity contribution in [3.8, 4) is 5.75 Å². The van der Waals surface area contributed by atoms with Gasteiger partial charge in [0.05, 0.1) is 12.0 Å². The molecule has 0 aliphatic carbocycles. The van der Waals surface area contributed by atoms with Gasteiger partial charge in [0.1, 0.15) is 17.6 Å². The van der Waals surface area contributed by atoms with E-state index < -0.39 is 16.1 Å². The summed E-state index contributed by atoms with van der Waals surface area (Å²) in [7, 11) is -0.114. The van der Waals surface area contributed by atoms with Crippen molar-refractivity contribution in [2.24, 2.45) is 13.0 Å². The standard InChI is InChI=1S/C25H30N4O4S/c1-18-11-14-29(15-12-18)34(31,32)22-9-7-19(8-10-22)25(30)27-23(24-26-13-16-28(24)2)20-5-4-6-21(17-20)33-3/h4-10,13,16-18,23H,11-12,14-15H2,1-3H3,(H,27,30). The van der Waals surface area contributed by atoms with Gasteiger partial charge in [0, 0.05) is 38.1 Å². The van der Waals surface area contributed by atoms with Crippen molar-refractivity contribution in [1.29, 1.82) is 0 Å². The normalized spacial score (nSPS) is 16.2. The number of piperidine rings is 1. The maximum atomic E-state index is 13.1. The van der Waals surface area contributed by atoms with Gasteiger partial charge in [-0.05, 0) is 60.7 Å². The average Bonchev–Trinajstić information content (AvgIpc) is 3.28. The molecule has 3 aromatic rings. The van der Waals surface area contributed by atoms with E-state index in [1.54, 1.807) is 25.4 Å². The number of carbonyl (C=O) groups excluding carboxylic acids is 1. The van der Waals surface area contributed by atoms with E-state index in [9.17, 15) is 13.2 Å². The number of benzene rings is 2. The molecule has 1 aromatic heterocycles. The van der Waals surface area contributed by atoms with Crippen LogP contribution in [0, 0.1) is 5.92 Å². The van der Waals surface area contributed by atoms with Crippen molar-refractivity contribution in [3.63, 3.8) is 0 Å². The first-order valence-corrected chi connectivity index (χ1v) is 12.8. The summed E-state index contributed by atoms with van der Waals surface area (Å²) in [6.07, 6.45) is 5.21. The van der Waals surface area contributed by atoms with Gasteiger partial charge in [-0.1, -0.05) is 19.1 Å². The molecule has 1 aliphatic rings. The smallest absolute Gasteiger partial charge is 0.252 e. The van der Waals surface area contributed by atoms with Crippen molar-refractivity contribution in [2.45, 2.75) is 30.7 Å². The van der Waals surface area contributed by atoms with Gasteiger partial charge in [0.15, 0.2) is 0 Å². The molecule has 1 unspecified atom stereocenters. The fourth-order valence-corrected chi connectivity index (χ4v) is 5.61. The molecule has 9 heteroatoms. The molecule has 1 atom stereocenters. The second-order valence-electron chi connectivity index (χ2n) is 8.69. The van der Waals surface area contributed by atoms with Crippen LogP contribution in [0.5, 0.6) is 5.75 Å². The molecular weight excluding hydrogens is 452 g/mol. The number of carbonyl (C=O) groups is 1. The van der Waals surface area contributed by atoms with Gasteiger partial charge in [0.25, 0.3) is 5.91 Å². The summed E-state index contributed by atoms with van der Waals surface area (Å²) in [4.78, 5) is 17.8. The molecule has 1 fully saturated rings. The van der Waals surface area contributed by atoms with E-state index in [2.05, 4.69) is 17.2 Å². The number of aryl methyl sites for hydroxylation is 1. The number of rotatable bonds is 7. The lowest BCUT2D eigenvalue weighted by Crippen LogP contribution is -2.37. The molecule has 8 nitrogen and oxygen atoms in total. The molecule has 180 valence electrons. The van der Waals surface area contributed by atoms with E-state index >= 15 is 0 Å². The summed E-state index contributed by atoms with van der Waals surface area (Å²) in [5.74, 6) is 1.55. The summed E-state index contributed by atoms with van der Waals surface area (Å²) >= 11 is 0. The second-order valence-corrected chi connectivity index (χ2v) is 10.6. The fourth-order valence-electron chi connectivity index (χ4n) is 4.14. The summed E-state index contributed by atoms with van der Waals surface area (Å²) in [5.41, 5.74) is 1.19. The van der Waals surface area contributed by atoms with Gasteiger partial charge in [0.2, 0.25) is 10.0 Å². The Hall–Kier alpha value is -3.17. The predicted molar refractivity (Wildman–Crippen MR) is 129 cm³/mol. The molecule has 1 saturated heterocycles. The molecule has 0 spiro atoms. The van der Waals surface area contributed by atoms with Crippen LogP contribution in [0.1, 0.15) is 47.6 Å². The maximum absolute atomic E-state index is 13.1. The minimum atomic E-state index is -3.57. The van der Waals surface area contributed by atoms with Crippen molar-refractivity contribution in [3.05, 3.63) is 77.9 Å². The molecule has 0 bridgehead atoms. The van der Waals surface area contributed by atoms with E-state index in [0.29, 0.717) is 36.1 Å². The summed E-state index contributed by atoms with van der Waals surface area (Å²) in [6.45, 7) is 3.19. The van der Waals surface area contributed by atoms with E-state index in [1.165, 1.54) is 16.4 Å². The molecule has 0 saturated carbocycles. The van der Waals surface area contributed by atoms with Crippen LogP contribution in [-0.4, -0.2) is 48.4 Å². The molecule has 1 aliphatic heterocycles. The van der Waals surface area contributed by atoms with Crippen molar-refractivity contribution < 1.29 is 17.9 Å². The molecule has 0 radical (unpaired) electrons. The van der Waals surface area contributed by atoms with Crippen LogP contribution < -0.4 is 10.1 Å². The monoisotopic (exact) mass is 482 g/mol. The fraction of sp³-hybridized carbons (Fsp3) is 0.360. The Morgan fingerprint density at radius 3 is 2.47 bits per heavy atom. The summed E-state index contributed by atoms with van der Waals surface area (Å²) < 4.78 is 34.7. The number of sulfonamides is 1. The number of amides is 1. The van der Waals surface area contributed by atoms with E-state index in [-0.39, 0.29) is 10.8 Å². The van der Waals surface area contributed by atoms with Gasteiger partial charge in [-0.25, -0.2) is 13.4 Å². The number of nitrogens with one attached hydrogen (secondary N) is 1. The SMILES string of the molecule is COc1cccc(C(NC(=O)c2ccc(S(=O)(=O)N3CCC(C)CC3)cc2)c2nccn2C)c1. The van der Waals surface area contributed by atoms with Crippen LogP contribution in [-0.2, 0) is 17.1 Å². The molecule has 1 N–H and O–H groups in total. The Labute approximate surface area is 200 Å². The number of methoxy groups -OCH3 is 1. The molecule has 1 amide bonds. The topological polar surface area (TPSA) is 93.5 Å². The van der Waals surface area contributed by atoms with E-state index in [0.717, 1.165) is 18.4 Å². The van der Waals surface area contributed by atoms with Gasteiger partial charge in [-0.3, -0.25) is 4.79 Å². The zero-order valence-electron chi connectivity index (χ0n) is 19.6. The van der Waals surface area contributed by atoms with Crippen LogP contribution >= 0.6 is 0 Å². The lowest BCUT2D eigenvalue weighted by atomic mass is 10.0. The van der Waals surface area contributed by atoms with Crippen molar-refractivity contribution >= 4 is 15.9 Å². The highest BCUT2D eigenvalue weighted by molar-refractivity contribution is 7.89. The molecule has 4 rings (SSSR count). The number of nitrogens with zero attached hydrogens (tertiary/aromatic N) is 3. The first-order chi connectivity index (χ1) is 16.3. The minimum absolute atomic E-state index is 0.201.